The topological polar surface area (TPSA) is 245 Å². The van der Waals surface area contributed by atoms with Crippen molar-refractivity contribution in [2.24, 2.45) is 0 Å². The lowest BCUT2D eigenvalue weighted by Crippen LogP contribution is -2.56. The average molecular weight is 604 g/mol. The fraction of sp³-hybridized carbons (Fsp3) is 0.423. The number of terminal acetylenes is 1. The van der Waals surface area contributed by atoms with Crippen LogP contribution in [-0.2, 0) is 29.1 Å². The summed E-state index contributed by atoms with van der Waals surface area (Å²) in [7, 11) is 0. The Balaban J connectivity index is 2.30. The number of nitrogens with zero attached hydrogens (tertiary/aromatic N) is 1. The molecule has 17 nitrogen and oxygen atoms in total. The Labute approximate surface area is 244 Å². The van der Waals surface area contributed by atoms with E-state index in [1.807, 2.05) is 5.92 Å². The van der Waals surface area contributed by atoms with Gasteiger partial charge in [-0.2, -0.15) is 5.48 Å². The van der Waals surface area contributed by atoms with Gasteiger partial charge >= 0.3 is 11.9 Å². The maximum atomic E-state index is 13.2. The molecule has 1 heterocycles. The Morgan fingerprint density at radius 3 is 2.51 bits per heavy atom. The highest BCUT2D eigenvalue weighted by Gasteiger charge is 2.31. The molecule has 6 N–H and O–H groups in total. The van der Waals surface area contributed by atoms with Gasteiger partial charge in [0.05, 0.1) is 17.1 Å². The third-order valence-electron chi connectivity index (χ3n) is 5.89. The molecule has 1 aliphatic heterocycles. The molecular weight excluding hydrogens is 574 g/mol. The summed E-state index contributed by atoms with van der Waals surface area (Å²) in [6.07, 6.45) is 6.48. The zero-order valence-corrected chi connectivity index (χ0v) is 22.6. The van der Waals surface area contributed by atoms with Gasteiger partial charge in [0.25, 0.3) is 11.6 Å². The lowest BCUT2D eigenvalue weighted by molar-refractivity contribution is -0.384. The third-order valence-corrected chi connectivity index (χ3v) is 5.89. The van der Waals surface area contributed by atoms with E-state index >= 15 is 0 Å². The molecule has 17 heteroatoms. The van der Waals surface area contributed by atoms with Crippen molar-refractivity contribution in [3.63, 3.8) is 0 Å². The van der Waals surface area contributed by atoms with Gasteiger partial charge in [0.2, 0.25) is 11.8 Å². The molecule has 3 amide bonds. The van der Waals surface area contributed by atoms with Gasteiger partial charge < -0.3 is 30.9 Å². The second-order valence-corrected chi connectivity index (χ2v) is 8.92. The molecule has 0 aromatic heterocycles. The number of nitrogens with one attached hydrogen (secondary N) is 4. The highest BCUT2D eigenvalue weighted by molar-refractivity contribution is 6.01. The number of fused-ring (bicyclic) bond motifs is 1. The van der Waals surface area contributed by atoms with Crippen LogP contribution < -0.4 is 26.2 Å². The molecule has 0 saturated heterocycles. The van der Waals surface area contributed by atoms with Gasteiger partial charge in [-0.1, -0.05) is 4.99 Å². The number of aliphatic carboxylic acids is 2. The first-order valence-electron chi connectivity index (χ1n) is 12.8. The predicted octanol–water partition coefficient (Wildman–Crippen LogP) is -0.388. The van der Waals surface area contributed by atoms with Crippen molar-refractivity contribution >= 4 is 35.3 Å². The van der Waals surface area contributed by atoms with E-state index in [1.165, 1.54) is 0 Å². The number of hydrogen-bond acceptors (Lipinski definition) is 11. The van der Waals surface area contributed by atoms with Crippen LogP contribution in [0, 0.1) is 34.5 Å². The number of hydrogen-bond donors (Lipinski definition) is 6. The van der Waals surface area contributed by atoms with Crippen LogP contribution >= 0.6 is 0 Å². The number of carboxylic acid groups (broad SMARTS) is 2. The minimum atomic E-state index is -1.49. The molecule has 3 atom stereocenters. The summed E-state index contributed by atoms with van der Waals surface area (Å²) in [5.74, 6) is -1.43. The van der Waals surface area contributed by atoms with Crippen LogP contribution in [0.1, 0.15) is 48.9 Å². The van der Waals surface area contributed by atoms with Crippen LogP contribution in [0.2, 0.25) is 0 Å². The zero-order chi connectivity index (χ0) is 31.8. The highest BCUT2D eigenvalue weighted by atomic mass is 17.3. The molecule has 0 fully saturated rings. The number of ether oxygens (including phenoxy) is 1. The number of nitro groups is 1. The summed E-state index contributed by atoms with van der Waals surface area (Å²) < 4.78 is 5.53. The lowest BCUT2D eigenvalue weighted by Gasteiger charge is -2.25. The van der Waals surface area contributed by atoms with E-state index in [4.69, 9.17) is 16.3 Å². The Morgan fingerprint density at radius 1 is 1.12 bits per heavy atom. The summed E-state index contributed by atoms with van der Waals surface area (Å²) in [4.78, 5) is 82.1. The molecule has 1 aliphatic rings. The van der Waals surface area contributed by atoms with Crippen molar-refractivity contribution in [2.75, 3.05) is 13.2 Å². The number of nitro benzene ring substituents is 1. The van der Waals surface area contributed by atoms with Crippen LogP contribution in [-0.4, -0.2) is 76.1 Å². The average Bonchev–Trinajstić information content (AvgIpc) is 2.96. The van der Waals surface area contributed by atoms with Gasteiger partial charge in [0, 0.05) is 37.4 Å². The Bertz CT molecular complexity index is 1320. The van der Waals surface area contributed by atoms with Gasteiger partial charge in [-0.15, -0.1) is 6.42 Å². The number of unbranched alkanes of at least 4 members (excludes halogenated alkanes) is 1. The zero-order valence-electron chi connectivity index (χ0n) is 22.6. The quantitative estimate of drug-likeness (QED) is 0.0587. The van der Waals surface area contributed by atoms with Crippen molar-refractivity contribution in [1.82, 2.24) is 21.4 Å². The second kappa shape index (κ2) is 17.4. The van der Waals surface area contributed by atoms with E-state index < -0.39 is 71.2 Å². The van der Waals surface area contributed by atoms with Gasteiger partial charge in [-0.05, 0) is 37.7 Å². The minimum Gasteiger partial charge on any atom is -0.493 e. The number of non-ortho nitro benzene ring substituents is 1. The van der Waals surface area contributed by atoms with E-state index in [9.17, 15) is 39.2 Å². The van der Waals surface area contributed by atoms with Crippen molar-refractivity contribution in [3.8, 4) is 30.1 Å². The van der Waals surface area contributed by atoms with Crippen molar-refractivity contribution < 1.29 is 53.7 Å². The number of hydroxylamine groups is 1. The molecule has 2 rings (SSSR count). The largest absolute Gasteiger partial charge is 0.493 e. The molecule has 1 aromatic rings. The highest BCUT2D eigenvalue weighted by Crippen LogP contribution is 2.25. The number of rotatable bonds is 12. The van der Waals surface area contributed by atoms with Crippen molar-refractivity contribution in [2.45, 2.75) is 56.7 Å². The number of benzene rings is 1. The van der Waals surface area contributed by atoms with Crippen LogP contribution in [0.3, 0.4) is 0 Å². The van der Waals surface area contributed by atoms with E-state index in [-0.39, 0.29) is 37.3 Å². The SMILES string of the molecule is C#CC#COONCCCC[C@@H]1NC(=O)[C@H](CCC(=O)O)NC(=O)c2cc([N+](=O)[O-])ccc2OCCC(C(=O)O)NC1=O. The fourth-order valence-electron chi connectivity index (χ4n) is 3.75. The van der Waals surface area contributed by atoms with Crippen LogP contribution in [0.5, 0.6) is 5.75 Å². The number of amides is 3. The lowest BCUT2D eigenvalue weighted by atomic mass is 10.0. The molecule has 0 bridgehead atoms. The monoisotopic (exact) mass is 603 g/mol. The number of carbonyl (C=O) groups is 5. The summed E-state index contributed by atoms with van der Waals surface area (Å²) in [5.41, 5.74) is 1.63. The molecule has 230 valence electrons. The Morgan fingerprint density at radius 2 is 1.84 bits per heavy atom. The first-order chi connectivity index (χ1) is 20.5. The van der Waals surface area contributed by atoms with E-state index in [0.717, 1.165) is 18.2 Å². The van der Waals surface area contributed by atoms with E-state index in [0.29, 0.717) is 12.8 Å². The van der Waals surface area contributed by atoms with Gasteiger partial charge in [0.15, 0.2) is 6.11 Å². The molecule has 0 radical (unpaired) electrons. The maximum absolute atomic E-state index is 13.2. The summed E-state index contributed by atoms with van der Waals surface area (Å²) in [6.45, 7) is -0.0911. The van der Waals surface area contributed by atoms with Gasteiger partial charge in [0.1, 0.15) is 23.9 Å². The van der Waals surface area contributed by atoms with E-state index in [2.05, 4.69) is 43.3 Å². The number of carboxylic acids is 2. The first kappa shape index (κ1) is 33.8. The Kier molecular flexibility index (Phi) is 13.7. The maximum Gasteiger partial charge on any atom is 0.326 e. The van der Waals surface area contributed by atoms with Crippen LogP contribution in [0.4, 0.5) is 5.69 Å². The molecule has 1 unspecified atom stereocenters. The van der Waals surface area contributed by atoms with Crippen LogP contribution in [0.25, 0.3) is 0 Å². The first-order valence-corrected chi connectivity index (χ1v) is 12.8. The standard InChI is InChI=1S/C26H29N5O12/c1-2-3-13-42-43-27-12-5-4-6-18-24(35)30-20(26(37)38)11-14-41-21-9-7-16(31(39)40)15-17(21)23(34)28-19(25(36)29-18)8-10-22(32)33/h1,7,9,15,18-20,27H,4-6,8,10-12,14H2,(H,28,34)(H,29,36)(H,30,35)(H,32,33)(H,37,38)/t18-,19-,20?/m0/s1. The van der Waals surface area contributed by atoms with Crippen LogP contribution in [0.15, 0.2) is 18.2 Å². The molecule has 0 aliphatic carbocycles. The summed E-state index contributed by atoms with van der Waals surface area (Å²) >= 11 is 0. The predicted molar refractivity (Wildman–Crippen MR) is 143 cm³/mol. The second-order valence-electron chi connectivity index (χ2n) is 8.92. The normalized spacial score (nSPS) is 18.9. The fourth-order valence-corrected chi connectivity index (χ4v) is 3.75. The minimum absolute atomic E-state index is 0.00841. The smallest absolute Gasteiger partial charge is 0.326 e. The van der Waals surface area contributed by atoms with Crippen molar-refractivity contribution in [1.29, 1.82) is 0 Å². The summed E-state index contributed by atoms with van der Waals surface area (Å²) in [6, 6.07) is -1.12. The summed E-state index contributed by atoms with van der Waals surface area (Å²) in [5, 5.41) is 37.2. The molecule has 0 saturated carbocycles. The molecule has 0 spiro atoms. The van der Waals surface area contributed by atoms with Gasteiger partial charge in [-0.25, -0.2) is 4.79 Å². The van der Waals surface area contributed by atoms with Crippen molar-refractivity contribution in [3.05, 3.63) is 33.9 Å². The third kappa shape index (κ3) is 11.6. The van der Waals surface area contributed by atoms with E-state index in [1.54, 1.807) is 0 Å². The molecule has 1 aromatic carbocycles. The number of carbonyl (C=O) groups excluding carboxylic acids is 3. The molecule has 43 heavy (non-hydrogen) atoms. The Hall–Kier alpha value is -5.39. The molecular formula is C26H29N5O12. The van der Waals surface area contributed by atoms with Gasteiger partial charge in [-0.3, -0.25) is 34.2 Å².